The molecule has 3 aromatic rings. The van der Waals surface area contributed by atoms with Crippen LogP contribution in [0.1, 0.15) is 48.5 Å². The second kappa shape index (κ2) is 7.51. The van der Waals surface area contributed by atoms with E-state index in [1.54, 1.807) is 11.1 Å². The Morgan fingerprint density at radius 1 is 1.04 bits per heavy atom. The largest absolute Gasteiger partial charge is 0.330 e. The van der Waals surface area contributed by atoms with Crippen LogP contribution < -0.4 is 0 Å². The highest BCUT2D eigenvalue weighted by atomic mass is 15.3. The van der Waals surface area contributed by atoms with Gasteiger partial charge in [0.1, 0.15) is 5.82 Å². The zero-order valence-electron chi connectivity index (χ0n) is 16.5. The van der Waals surface area contributed by atoms with Gasteiger partial charge in [-0.1, -0.05) is 24.3 Å². The number of hydrogen-bond acceptors (Lipinski definition) is 4. The molecule has 1 fully saturated rings. The van der Waals surface area contributed by atoms with E-state index < -0.39 is 0 Å². The van der Waals surface area contributed by atoms with Gasteiger partial charge in [-0.3, -0.25) is 4.90 Å². The maximum Gasteiger partial charge on any atom is 0.153 e. The fourth-order valence-corrected chi connectivity index (χ4v) is 4.97. The number of imidazole rings is 1. The Balaban J connectivity index is 1.24. The zero-order chi connectivity index (χ0) is 18.9. The smallest absolute Gasteiger partial charge is 0.153 e. The number of hydrogen-bond donors (Lipinski definition) is 0. The molecule has 28 heavy (non-hydrogen) atoms. The number of rotatable bonds is 5. The molecule has 2 aromatic heterocycles. The number of benzene rings is 1. The molecule has 0 bridgehead atoms. The minimum absolute atomic E-state index is 0.518. The molecule has 1 saturated heterocycles. The van der Waals surface area contributed by atoms with E-state index in [0.29, 0.717) is 12.0 Å². The van der Waals surface area contributed by atoms with Crippen molar-refractivity contribution in [2.75, 3.05) is 13.1 Å². The third kappa shape index (κ3) is 3.26. The van der Waals surface area contributed by atoms with Gasteiger partial charge < -0.3 is 9.13 Å². The summed E-state index contributed by atoms with van der Waals surface area (Å²) in [5, 5.41) is 9.12. The predicted octanol–water partition coefficient (Wildman–Crippen LogP) is 2.89. The first-order valence-electron chi connectivity index (χ1n) is 10.5. The second-order valence-corrected chi connectivity index (χ2v) is 8.09. The first kappa shape index (κ1) is 17.6. The number of likely N-dealkylation sites (tertiary alicyclic amines) is 1. The lowest BCUT2D eigenvalue weighted by Gasteiger charge is -2.35. The van der Waals surface area contributed by atoms with Crippen LogP contribution in [-0.4, -0.2) is 48.3 Å². The van der Waals surface area contributed by atoms with Crippen molar-refractivity contribution < 1.29 is 0 Å². The molecule has 1 aromatic carbocycles. The summed E-state index contributed by atoms with van der Waals surface area (Å²) < 4.78 is 4.37. The molecule has 3 heterocycles. The van der Waals surface area contributed by atoms with Crippen molar-refractivity contribution in [3.63, 3.8) is 0 Å². The van der Waals surface area contributed by atoms with Crippen LogP contribution in [0.2, 0.25) is 0 Å². The highest BCUT2D eigenvalue weighted by molar-refractivity contribution is 5.33. The Hall–Kier alpha value is -2.47. The molecule has 0 atom stereocenters. The summed E-state index contributed by atoms with van der Waals surface area (Å²) in [6, 6.07) is 9.62. The van der Waals surface area contributed by atoms with Crippen molar-refractivity contribution in [1.29, 1.82) is 0 Å². The molecule has 6 nitrogen and oxygen atoms in total. The summed E-state index contributed by atoms with van der Waals surface area (Å²) in [6.45, 7) is 6.17. The minimum Gasteiger partial charge on any atom is -0.330 e. The molecule has 5 rings (SSSR count). The van der Waals surface area contributed by atoms with Gasteiger partial charge in [0, 0.05) is 30.9 Å². The van der Waals surface area contributed by atoms with Crippen LogP contribution in [0.25, 0.3) is 0 Å². The third-order valence-electron chi connectivity index (χ3n) is 6.50. The zero-order valence-corrected chi connectivity index (χ0v) is 16.5. The Bertz CT molecular complexity index is 895. The highest BCUT2D eigenvalue weighted by Crippen LogP contribution is 2.32. The van der Waals surface area contributed by atoms with Crippen LogP contribution in [-0.2, 0) is 25.9 Å². The molecule has 2 aliphatic rings. The van der Waals surface area contributed by atoms with E-state index in [9.17, 15) is 0 Å². The Labute approximate surface area is 166 Å². The Kier molecular flexibility index (Phi) is 4.72. The topological polar surface area (TPSA) is 51.8 Å². The molecule has 0 radical (unpaired) electrons. The van der Waals surface area contributed by atoms with Gasteiger partial charge in [-0.25, -0.2) is 4.98 Å². The summed E-state index contributed by atoms with van der Waals surface area (Å²) in [5.74, 6) is 2.72. The van der Waals surface area contributed by atoms with E-state index in [-0.39, 0.29) is 0 Å². The van der Waals surface area contributed by atoms with E-state index in [0.717, 1.165) is 32.0 Å². The van der Waals surface area contributed by atoms with E-state index >= 15 is 0 Å². The summed E-state index contributed by atoms with van der Waals surface area (Å²) >= 11 is 0. The standard InChI is InChI=1S/C22H28N6/c1-2-28-21(15-26-12-9-23-16-26)24-25-22(28)17-7-10-27(11-8-17)20-13-18-5-3-4-6-19(18)14-20/h3-6,9,12,16-17,20H,2,7-8,10-11,13-15H2,1H3. The molecule has 0 spiro atoms. The van der Waals surface area contributed by atoms with Gasteiger partial charge in [0.05, 0.1) is 12.9 Å². The second-order valence-electron chi connectivity index (χ2n) is 8.09. The number of piperidine rings is 1. The molecule has 0 N–H and O–H groups in total. The lowest BCUT2D eigenvalue weighted by atomic mass is 9.94. The normalized spacial score (nSPS) is 18.6. The maximum absolute atomic E-state index is 4.61. The molecule has 6 heteroatoms. The van der Waals surface area contributed by atoms with Gasteiger partial charge in [-0.15, -0.1) is 10.2 Å². The summed E-state index contributed by atoms with van der Waals surface area (Å²) in [7, 11) is 0. The van der Waals surface area contributed by atoms with Crippen LogP contribution in [0.3, 0.4) is 0 Å². The molecule has 0 amide bonds. The Morgan fingerprint density at radius 3 is 2.43 bits per heavy atom. The first-order chi connectivity index (χ1) is 13.8. The van der Waals surface area contributed by atoms with Gasteiger partial charge in [-0.05, 0) is 56.8 Å². The third-order valence-corrected chi connectivity index (χ3v) is 6.50. The van der Waals surface area contributed by atoms with E-state index in [2.05, 4.69) is 60.4 Å². The van der Waals surface area contributed by atoms with Gasteiger partial charge in [0.2, 0.25) is 0 Å². The molecule has 0 saturated carbocycles. The fraction of sp³-hybridized carbons (Fsp3) is 0.500. The van der Waals surface area contributed by atoms with Crippen molar-refractivity contribution in [1.82, 2.24) is 29.2 Å². The van der Waals surface area contributed by atoms with Crippen LogP contribution in [0, 0.1) is 0 Å². The molecule has 0 unspecified atom stereocenters. The monoisotopic (exact) mass is 376 g/mol. The quantitative estimate of drug-likeness (QED) is 0.687. The number of nitrogens with zero attached hydrogens (tertiary/aromatic N) is 6. The van der Waals surface area contributed by atoms with Gasteiger partial charge >= 0.3 is 0 Å². The van der Waals surface area contributed by atoms with Crippen LogP contribution in [0.5, 0.6) is 0 Å². The van der Waals surface area contributed by atoms with Crippen molar-refractivity contribution in [2.24, 2.45) is 0 Å². The summed E-state index contributed by atoms with van der Waals surface area (Å²) in [6.07, 6.45) is 10.4. The summed E-state index contributed by atoms with van der Waals surface area (Å²) in [4.78, 5) is 6.84. The average molecular weight is 377 g/mol. The summed E-state index contributed by atoms with van der Waals surface area (Å²) in [5.41, 5.74) is 3.09. The van der Waals surface area contributed by atoms with E-state index in [1.165, 1.54) is 31.5 Å². The van der Waals surface area contributed by atoms with Crippen molar-refractivity contribution in [3.8, 4) is 0 Å². The fourth-order valence-electron chi connectivity index (χ4n) is 4.97. The average Bonchev–Trinajstić information content (AvgIpc) is 3.48. The number of aromatic nitrogens is 5. The van der Waals surface area contributed by atoms with Crippen LogP contribution in [0.15, 0.2) is 43.0 Å². The molecule has 1 aliphatic heterocycles. The van der Waals surface area contributed by atoms with Crippen molar-refractivity contribution in [3.05, 3.63) is 65.8 Å². The molecule has 1 aliphatic carbocycles. The maximum atomic E-state index is 4.61. The molecular weight excluding hydrogens is 348 g/mol. The lowest BCUT2D eigenvalue weighted by Crippen LogP contribution is -2.41. The van der Waals surface area contributed by atoms with Crippen LogP contribution >= 0.6 is 0 Å². The Morgan fingerprint density at radius 2 is 1.79 bits per heavy atom. The van der Waals surface area contributed by atoms with E-state index in [1.807, 2.05) is 18.7 Å². The molecular formula is C22H28N6. The van der Waals surface area contributed by atoms with Crippen LogP contribution in [0.4, 0.5) is 0 Å². The van der Waals surface area contributed by atoms with Crippen molar-refractivity contribution in [2.45, 2.75) is 57.7 Å². The van der Waals surface area contributed by atoms with Gasteiger partial charge in [0.15, 0.2) is 5.82 Å². The lowest BCUT2D eigenvalue weighted by molar-refractivity contribution is 0.153. The predicted molar refractivity (Wildman–Crippen MR) is 108 cm³/mol. The number of fused-ring (bicyclic) bond motifs is 1. The van der Waals surface area contributed by atoms with Gasteiger partial charge in [-0.2, -0.15) is 0 Å². The highest BCUT2D eigenvalue weighted by Gasteiger charge is 2.32. The van der Waals surface area contributed by atoms with Gasteiger partial charge in [0.25, 0.3) is 0 Å². The first-order valence-corrected chi connectivity index (χ1v) is 10.5. The minimum atomic E-state index is 0.518. The van der Waals surface area contributed by atoms with E-state index in [4.69, 9.17) is 0 Å². The molecule has 146 valence electrons. The SMILES string of the molecule is CCn1c(Cn2ccnc2)nnc1C1CCN(C2Cc3ccccc3C2)CC1. The van der Waals surface area contributed by atoms with Crippen molar-refractivity contribution >= 4 is 0 Å².